The molecule has 0 aliphatic rings. The van der Waals surface area contributed by atoms with Crippen LogP contribution in [0, 0.1) is 0 Å². The molecule has 0 saturated heterocycles. The molecule has 1 rings (SSSR count). The molecule has 3 nitrogen and oxygen atoms in total. The van der Waals surface area contributed by atoms with Crippen LogP contribution < -0.4 is 9.47 Å². The average Bonchev–Trinajstić information content (AvgIpc) is 2.34. The maximum absolute atomic E-state index is 9.65. The Morgan fingerprint density at radius 1 is 1.41 bits per heavy atom. The number of benzene rings is 1. The summed E-state index contributed by atoms with van der Waals surface area (Å²) in [5.74, 6) is 2.53. The Balaban J connectivity index is 2.71. The van der Waals surface area contributed by atoms with Crippen LogP contribution in [0.3, 0.4) is 0 Å². The van der Waals surface area contributed by atoms with Crippen molar-refractivity contribution in [2.75, 3.05) is 25.7 Å². The topological polar surface area (TPSA) is 38.7 Å². The summed E-state index contributed by atoms with van der Waals surface area (Å²) in [6.07, 6.45) is 2.54. The van der Waals surface area contributed by atoms with Gasteiger partial charge in [-0.15, -0.1) is 0 Å². The third kappa shape index (κ3) is 4.48. The van der Waals surface area contributed by atoms with Crippen LogP contribution in [0.2, 0.25) is 0 Å². The maximum atomic E-state index is 9.65. The molecule has 17 heavy (non-hydrogen) atoms. The predicted molar refractivity (Wildman–Crippen MR) is 72.1 cm³/mol. The minimum absolute atomic E-state index is 0.531. The summed E-state index contributed by atoms with van der Waals surface area (Å²) in [4.78, 5) is 0. The third-order valence-corrected chi connectivity index (χ3v) is 3.12. The van der Waals surface area contributed by atoms with E-state index in [-0.39, 0.29) is 0 Å². The predicted octanol–water partition coefficient (Wildman–Crippen LogP) is 2.88. The Morgan fingerprint density at radius 3 is 2.76 bits per heavy atom. The van der Waals surface area contributed by atoms with Gasteiger partial charge in [0.15, 0.2) is 0 Å². The number of aliphatic hydroxyl groups excluding tert-OH is 1. The Kier molecular flexibility index (Phi) is 6.22. The standard InChI is InChI=1S/C13H20O3S/c1-10(14)12-6-5-11(15-2)9-13(12)16-7-4-8-17-3/h5-6,9-10,14H,4,7-8H2,1-3H3/t10-/m0/s1. The lowest BCUT2D eigenvalue weighted by molar-refractivity contribution is 0.191. The van der Waals surface area contributed by atoms with Gasteiger partial charge in [-0.2, -0.15) is 11.8 Å². The highest BCUT2D eigenvalue weighted by atomic mass is 32.2. The first-order valence-corrected chi connectivity index (χ1v) is 7.06. The van der Waals surface area contributed by atoms with Crippen LogP contribution in [-0.4, -0.2) is 30.8 Å². The lowest BCUT2D eigenvalue weighted by Crippen LogP contribution is -2.03. The van der Waals surface area contributed by atoms with Crippen molar-refractivity contribution in [2.24, 2.45) is 0 Å². The zero-order chi connectivity index (χ0) is 12.7. The van der Waals surface area contributed by atoms with Crippen molar-refractivity contribution in [3.8, 4) is 11.5 Å². The van der Waals surface area contributed by atoms with E-state index in [1.54, 1.807) is 25.8 Å². The molecule has 0 heterocycles. The van der Waals surface area contributed by atoms with Gasteiger partial charge in [0.25, 0.3) is 0 Å². The van der Waals surface area contributed by atoms with Gasteiger partial charge in [-0.1, -0.05) is 0 Å². The van der Waals surface area contributed by atoms with Gasteiger partial charge in [-0.3, -0.25) is 0 Å². The molecule has 0 fully saturated rings. The minimum Gasteiger partial charge on any atom is -0.497 e. The molecule has 1 N–H and O–H groups in total. The van der Waals surface area contributed by atoms with Crippen molar-refractivity contribution in [3.05, 3.63) is 23.8 Å². The number of ether oxygens (including phenoxy) is 2. The quantitative estimate of drug-likeness (QED) is 0.761. The van der Waals surface area contributed by atoms with Gasteiger partial charge in [0.1, 0.15) is 11.5 Å². The summed E-state index contributed by atoms with van der Waals surface area (Å²) < 4.78 is 10.8. The SMILES string of the molecule is COc1ccc([C@H](C)O)c(OCCCSC)c1. The average molecular weight is 256 g/mol. The highest BCUT2D eigenvalue weighted by Gasteiger charge is 2.10. The molecule has 0 aliphatic heterocycles. The van der Waals surface area contributed by atoms with Crippen LogP contribution in [0.5, 0.6) is 11.5 Å². The van der Waals surface area contributed by atoms with Gasteiger partial charge < -0.3 is 14.6 Å². The summed E-state index contributed by atoms with van der Waals surface area (Å²) in [6.45, 7) is 2.39. The zero-order valence-electron chi connectivity index (χ0n) is 10.6. The largest absolute Gasteiger partial charge is 0.497 e. The summed E-state index contributed by atoms with van der Waals surface area (Å²) in [5, 5.41) is 9.65. The number of aliphatic hydroxyl groups is 1. The second kappa shape index (κ2) is 7.45. The van der Waals surface area contributed by atoms with Gasteiger partial charge in [-0.05, 0) is 37.5 Å². The van der Waals surface area contributed by atoms with E-state index in [4.69, 9.17) is 9.47 Å². The normalized spacial score (nSPS) is 12.2. The fraction of sp³-hybridized carbons (Fsp3) is 0.538. The van der Waals surface area contributed by atoms with Crippen molar-refractivity contribution in [1.29, 1.82) is 0 Å². The smallest absolute Gasteiger partial charge is 0.128 e. The zero-order valence-corrected chi connectivity index (χ0v) is 11.4. The van der Waals surface area contributed by atoms with E-state index in [0.29, 0.717) is 12.4 Å². The van der Waals surface area contributed by atoms with Crippen LogP contribution in [0.1, 0.15) is 25.0 Å². The lowest BCUT2D eigenvalue weighted by Gasteiger charge is -2.14. The van der Waals surface area contributed by atoms with Crippen molar-refractivity contribution in [3.63, 3.8) is 0 Å². The molecule has 1 aromatic carbocycles. The molecule has 0 unspecified atom stereocenters. The van der Waals surface area contributed by atoms with E-state index in [0.717, 1.165) is 23.5 Å². The first kappa shape index (κ1) is 14.2. The van der Waals surface area contributed by atoms with Gasteiger partial charge in [0.2, 0.25) is 0 Å². The van der Waals surface area contributed by atoms with Gasteiger partial charge in [0.05, 0.1) is 19.8 Å². The summed E-state index contributed by atoms with van der Waals surface area (Å²) >= 11 is 1.80. The summed E-state index contributed by atoms with van der Waals surface area (Å²) in [7, 11) is 1.62. The molecule has 0 saturated carbocycles. The van der Waals surface area contributed by atoms with Gasteiger partial charge in [-0.25, -0.2) is 0 Å². The van der Waals surface area contributed by atoms with E-state index in [1.807, 2.05) is 18.2 Å². The number of methoxy groups -OCH3 is 1. The Bertz CT molecular complexity index is 339. The van der Waals surface area contributed by atoms with Crippen molar-refractivity contribution in [1.82, 2.24) is 0 Å². The highest BCUT2D eigenvalue weighted by molar-refractivity contribution is 7.98. The third-order valence-electron chi connectivity index (χ3n) is 2.42. The number of thioether (sulfide) groups is 1. The molecule has 0 bridgehead atoms. The Labute approximate surface area is 107 Å². The molecule has 0 radical (unpaired) electrons. The van der Waals surface area contributed by atoms with Crippen molar-refractivity contribution >= 4 is 11.8 Å². The molecule has 4 heteroatoms. The van der Waals surface area contributed by atoms with Crippen LogP contribution in [0.25, 0.3) is 0 Å². The molecule has 1 atom stereocenters. The first-order chi connectivity index (χ1) is 8.19. The number of hydrogen-bond acceptors (Lipinski definition) is 4. The van der Waals surface area contributed by atoms with Crippen molar-refractivity contribution < 1.29 is 14.6 Å². The van der Waals surface area contributed by atoms with Gasteiger partial charge in [0, 0.05) is 11.6 Å². The molecule has 0 amide bonds. The van der Waals surface area contributed by atoms with E-state index in [2.05, 4.69) is 6.26 Å². The lowest BCUT2D eigenvalue weighted by atomic mass is 10.1. The fourth-order valence-electron chi connectivity index (χ4n) is 1.50. The molecule has 0 spiro atoms. The Morgan fingerprint density at radius 2 is 2.18 bits per heavy atom. The maximum Gasteiger partial charge on any atom is 0.128 e. The molecule has 0 aromatic heterocycles. The molecule has 1 aromatic rings. The number of hydrogen-bond donors (Lipinski definition) is 1. The van der Waals surface area contributed by atoms with Crippen LogP contribution in [0.15, 0.2) is 18.2 Å². The van der Waals surface area contributed by atoms with Crippen LogP contribution in [0.4, 0.5) is 0 Å². The van der Waals surface area contributed by atoms with E-state index >= 15 is 0 Å². The molecular weight excluding hydrogens is 236 g/mol. The van der Waals surface area contributed by atoms with Crippen LogP contribution >= 0.6 is 11.8 Å². The summed E-state index contributed by atoms with van der Waals surface area (Å²) in [5.41, 5.74) is 0.801. The van der Waals surface area contributed by atoms with E-state index in [1.165, 1.54) is 0 Å². The minimum atomic E-state index is -0.531. The molecular formula is C13H20O3S. The molecule has 0 aliphatic carbocycles. The number of rotatable bonds is 7. The fourth-order valence-corrected chi connectivity index (χ4v) is 1.90. The van der Waals surface area contributed by atoms with Crippen molar-refractivity contribution in [2.45, 2.75) is 19.4 Å². The monoisotopic (exact) mass is 256 g/mol. The first-order valence-electron chi connectivity index (χ1n) is 5.66. The van der Waals surface area contributed by atoms with Crippen LogP contribution in [-0.2, 0) is 0 Å². The second-order valence-electron chi connectivity index (χ2n) is 3.77. The van der Waals surface area contributed by atoms with E-state index in [9.17, 15) is 5.11 Å². The van der Waals surface area contributed by atoms with Gasteiger partial charge >= 0.3 is 0 Å². The molecule has 96 valence electrons. The second-order valence-corrected chi connectivity index (χ2v) is 4.76. The summed E-state index contributed by atoms with van der Waals surface area (Å²) in [6, 6.07) is 5.49. The Hall–Kier alpha value is -0.870. The highest BCUT2D eigenvalue weighted by Crippen LogP contribution is 2.29. The van der Waals surface area contributed by atoms with E-state index < -0.39 is 6.10 Å².